The Labute approximate surface area is 164 Å². The standard InChI is InChI=1S/C24H48O2/c1-4-7-9-10-11-12-13-14-15-16-17-18-19-22-24(25)26-23(20-6-3)21-8-5-2/h23H,4-22H2,1-3H3. The van der Waals surface area contributed by atoms with Gasteiger partial charge in [0.05, 0.1) is 0 Å². The SMILES string of the molecule is CCCCCCCCCCCCCCCC(=O)OC(CCC)CCCC. The normalized spacial score (nSPS) is 12.3. The summed E-state index contributed by atoms with van der Waals surface area (Å²) in [5.74, 6) is 0.0302. The molecule has 1 atom stereocenters. The maximum atomic E-state index is 12.0. The summed E-state index contributed by atoms with van der Waals surface area (Å²) in [5.41, 5.74) is 0. The molecule has 2 nitrogen and oxygen atoms in total. The van der Waals surface area contributed by atoms with Gasteiger partial charge in [-0.3, -0.25) is 4.79 Å². The van der Waals surface area contributed by atoms with Crippen molar-refractivity contribution in [3.63, 3.8) is 0 Å². The van der Waals surface area contributed by atoms with E-state index in [-0.39, 0.29) is 12.1 Å². The molecule has 2 heteroatoms. The number of esters is 1. The van der Waals surface area contributed by atoms with Crippen LogP contribution in [0.2, 0.25) is 0 Å². The largest absolute Gasteiger partial charge is 0.462 e. The fraction of sp³-hybridized carbons (Fsp3) is 0.958. The molecule has 0 aliphatic heterocycles. The van der Waals surface area contributed by atoms with E-state index in [4.69, 9.17) is 4.74 Å². The van der Waals surface area contributed by atoms with Crippen molar-refractivity contribution in [2.24, 2.45) is 0 Å². The zero-order chi connectivity index (χ0) is 19.3. The zero-order valence-electron chi connectivity index (χ0n) is 18.3. The minimum Gasteiger partial charge on any atom is -0.462 e. The summed E-state index contributed by atoms with van der Waals surface area (Å²) < 4.78 is 5.66. The summed E-state index contributed by atoms with van der Waals surface area (Å²) in [6, 6.07) is 0. The molecule has 0 aromatic heterocycles. The molecule has 0 bridgehead atoms. The van der Waals surface area contributed by atoms with Gasteiger partial charge in [0.15, 0.2) is 0 Å². The van der Waals surface area contributed by atoms with Crippen molar-refractivity contribution in [1.29, 1.82) is 0 Å². The van der Waals surface area contributed by atoms with E-state index < -0.39 is 0 Å². The van der Waals surface area contributed by atoms with Crippen molar-refractivity contribution in [3.05, 3.63) is 0 Å². The molecule has 0 saturated carbocycles. The Morgan fingerprint density at radius 1 is 0.577 bits per heavy atom. The van der Waals surface area contributed by atoms with E-state index >= 15 is 0 Å². The molecule has 156 valence electrons. The molecule has 0 aliphatic carbocycles. The molecule has 0 heterocycles. The molecule has 1 unspecified atom stereocenters. The minimum atomic E-state index is 0.0302. The molecule has 0 radical (unpaired) electrons. The molecule has 26 heavy (non-hydrogen) atoms. The highest BCUT2D eigenvalue weighted by atomic mass is 16.5. The van der Waals surface area contributed by atoms with Crippen molar-refractivity contribution < 1.29 is 9.53 Å². The lowest BCUT2D eigenvalue weighted by Crippen LogP contribution is -2.18. The van der Waals surface area contributed by atoms with E-state index in [0.717, 1.165) is 32.1 Å². The van der Waals surface area contributed by atoms with Crippen LogP contribution >= 0.6 is 0 Å². The van der Waals surface area contributed by atoms with Crippen molar-refractivity contribution in [3.8, 4) is 0 Å². The third-order valence-electron chi connectivity index (χ3n) is 5.27. The van der Waals surface area contributed by atoms with Crippen LogP contribution in [0.1, 0.15) is 143 Å². The number of carbonyl (C=O) groups is 1. The third kappa shape index (κ3) is 18.3. The lowest BCUT2D eigenvalue weighted by molar-refractivity contribution is -0.150. The van der Waals surface area contributed by atoms with E-state index in [9.17, 15) is 4.79 Å². The molecule has 0 aromatic rings. The maximum absolute atomic E-state index is 12.0. The second-order valence-electron chi connectivity index (χ2n) is 8.04. The molecule has 0 aromatic carbocycles. The number of unbranched alkanes of at least 4 members (excludes halogenated alkanes) is 13. The summed E-state index contributed by atoms with van der Waals surface area (Å²) in [4.78, 5) is 12.0. The molecular weight excluding hydrogens is 320 g/mol. The Morgan fingerprint density at radius 3 is 1.50 bits per heavy atom. The number of carbonyl (C=O) groups excluding carboxylic acids is 1. The maximum Gasteiger partial charge on any atom is 0.306 e. The van der Waals surface area contributed by atoms with E-state index in [2.05, 4.69) is 20.8 Å². The first-order valence-electron chi connectivity index (χ1n) is 11.9. The van der Waals surface area contributed by atoms with Crippen LogP contribution in [0.15, 0.2) is 0 Å². The average molecular weight is 369 g/mol. The molecule has 0 fully saturated rings. The molecule has 0 rings (SSSR count). The molecule has 0 spiro atoms. The number of hydrogen-bond donors (Lipinski definition) is 0. The Balaban J connectivity index is 3.38. The minimum absolute atomic E-state index is 0.0302. The third-order valence-corrected chi connectivity index (χ3v) is 5.27. The Kier molecular flexibility index (Phi) is 20.4. The highest BCUT2D eigenvalue weighted by Gasteiger charge is 2.12. The lowest BCUT2D eigenvalue weighted by atomic mass is 10.0. The average Bonchev–Trinajstić information content (AvgIpc) is 2.63. The number of ether oxygens (including phenoxy) is 1. The van der Waals surface area contributed by atoms with Crippen molar-refractivity contribution >= 4 is 5.97 Å². The second kappa shape index (κ2) is 20.8. The predicted molar refractivity (Wildman–Crippen MR) is 115 cm³/mol. The molecular formula is C24H48O2. The highest BCUT2D eigenvalue weighted by Crippen LogP contribution is 2.15. The van der Waals surface area contributed by atoms with Crippen LogP contribution in [0.3, 0.4) is 0 Å². The van der Waals surface area contributed by atoms with Crippen molar-refractivity contribution in [2.45, 2.75) is 149 Å². The van der Waals surface area contributed by atoms with E-state index in [1.807, 2.05) is 0 Å². The van der Waals surface area contributed by atoms with Gasteiger partial charge in [-0.25, -0.2) is 0 Å². The van der Waals surface area contributed by atoms with Gasteiger partial charge in [-0.15, -0.1) is 0 Å². The van der Waals surface area contributed by atoms with Gasteiger partial charge < -0.3 is 4.74 Å². The monoisotopic (exact) mass is 368 g/mol. The fourth-order valence-electron chi connectivity index (χ4n) is 3.55. The predicted octanol–water partition coefficient (Wildman–Crippen LogP) is 8.37. The Bertz CT molecular complexity index is 288. The van der Waals surface area contributed by atoms with Crippen LogP contribution in [0.25, 0.3) is 0 Å². The van der Waals surface area contributed by atoms with Crippen LogP contribution in [0, 0.1) is 0 Å². The van der Waals surface area contributed by atoms with Crippen LogP contribution in [-0.2, 0) is 9.53 Å². The second-order valence-corrected chi connectivity index (χ2v) is 8.04. The van der Waals surface area contributed by atoms with Crippen LogP contribution in [0.4, 0.5) is 0 Å². The van der Waals surface area contributed by atoms with Gasteiger partial charge in [-0.1, -0.05) is 117 Å². The smallest absolute Gasteiger partial charge is 0.306 e. The van der Waals surface area contributed by atoms with Gasteiger partial charge in [-0.2, -0.15) is 0 Å². The van der Waals surface area contributed by atoms with Crippen molar-refractivity contribution in [1.82, 2.24) is 0 Å². The van der Waals surface area contributed by atoms with Gasteiger partial charge in [0.1, 0.15) is 6.10 Å². The number of rotatable bonds is 20. The quantitative estimate of drug-likeness (QED) is 0.159. The molecule has 0 amide bonds. The first-order chi connectivity index (χ1) is 12.7. The molecule has 0 saturated heterocycles. The van der Waals surface area contributed by atoms with Gasteiger partial charge in [0.25, 0.3) is 0 Å². The van der Waals surface area contributed by atoms with Gasteiger partial charge >= 0.3 is 5.97 Å². The van der Waals surface area contributed by atoms with E-state index in [0.29, 0.717) is 6.42 Å². The van der Waals surface area contributed by atoms with E-state index in [1.165, 1.54) is 83.5 Å². The van der Waals surface area contributed by atoms with Gasteiger partial charge in [0.2, 0.25) is 0 Å². The lowest BCUT2D eigenvalue weighted by Gasteiger charge is -2.17. The zero-order valence-corrected chi connectivity index (χ0v) is 18.3. The summed E-state index contributed by atoms with van der Waals surface area (Å²) in [5, 5.41) is 0. The van der Waals surface area contributed by atoms with Crippen LogP contribution in [-0.4, -0.2) is 12.1 Å². The van der Waals surface area contributed by atoms with Crippen LogP contribution < -0.4 is 0 Å². The molecule has 0 N–H and O–H groups in total. The summed E-state index contributed by atoms with van der Waals surface area (Å²) in [7, 11) is 0. The first kappa shape index (κ1) is 25.5. The Morgan fingerprint density at radius 2 is 1.04 bits per heavy atom. The first-order valence-corrected chi connectivity index (χ1v) is 11.9. The summed E-state index contributed by atoms with van der Waals surface area (Å²) in [6.07, 6.45) is 23.7. The fourth-order valence-corrected chi connectivity index (χ4v) is 3.55. The van der Waals surface area contributed by atoms with Crippen molar-refractivity contribution in [2.75, 3.05) is 0 Å². The summed E-state index contributed by atoms with van der Waals surface area (Å²) in [6.45, 7) is 6.64. The van der Waals surface area contributed by atoms with Crippen LogP contribution in [0.5, 0.6) is 0 Å². The number of hydrogen-bond acceptors (Lipinski definition) is 2. The Hall–Kier alpha value is -0.530. The van der Waals surface area contributed by atoms with Gasteiger partial charge in [0, 0.05) is 6.42 Å². The summed E-state index contributed by atoms with van der Waals surface area (Å²) >= 11 is 0. The highest BCUT2D eigenvalue weighted by molar-refractivity contribution is 5.69. The van der Waals surface area contributed by atoms with E-state index in [1.54, 1.807) is 0 Å². The van der Waals surface area contributed by atoms with Gasteiger partial charge in [-0.05, 0) is 19.3 Å². The molecule has 0 aliphatic rings. The topological polar surface area (TPSA) is 26.3 Å².